The van der Waals surface area contributed by atoms with Crippen molar-refractivity contribution in [2.75, 3.05) is 0 Å². The number of rotatable bonds is 0. The molecular weight excluding hydrogens is 368 g/mol. The molecule has 118 valence electrons. The highest BCUT2D eigenvalue weighted by Crippen LogP contribution is 2.11. The summed E-state index contributed by atoms with van der Waals surface area (Å²) in [6.45, 7) is 0. The van der Waals surface area contributed by atoms with E-state index in [-0.39, 0.29) is 11.1 Å². The van der Waals surface area contributed by atoms with Gasteiger partial charge in [0.25, 0.3) is 11.1 Å². The number of aromatic nitrogens is 8. The van der Waals surface area contributed by atoms with Gasteiger partial charge in [-0.1, -0.05) is 0 Å². The first kappa shape index (κ1) is 15.1. The van der Waals surface area contributed by atoms with Gasteiger partial charge >= 0.3 is 0 Å². The Kier molecular flexibility index (Phi) is 3.78. The number of halogens is 1. The quantitative estimate of drug-likeness (QED) is 0.417. The van der Waals surface area contributed by atoms with E-state index in [2.05, 4.69) is 45.8 Å². The first-order chi connectivity index (χ1) is 11.0. The summed E-state index contributed by atoms with van der Waals surface area (Å²) >= 11 is 3.20. The summed E-state index contributed by atoms with van der Waals surface area (Å²) in [7, 11) is 3.50. The molecule has 0 aromatic carbocycles. The number of aromatic amines is 2. The fourth-order valence-corrected chi connectivity index (χ4v) is 2.36. The van der Waals surface area contributed by atoms with Gasteiger partial charge in [0.15, 0.2) is 27.1 Å². The van der Waals surface area contributed by atoms with Crippen LogP contribution in [0.3, 0.4) is 0 Å². The molecule has 10 nitrogen and oxygen atoms in total. The predicted octanol–water partition coefficient (Wildman–Crippen LogP) is 0.0757. The van der Waals surface area contributed by atoms with Gasteiger partial charge in [0.05, 0.1) is 19.0 Å². The summed E-state index contributed by atoms with van der Waals surface area (Å²) < 4.78 is 3.88. The van der Waals surface area contributed by atoms with Crippen molar-refractivity contribution < 1.29 is 0 Å². The zero-order chi connectivity index (χ0) is 16.6. The van der Waals surface area contributed by atoms with Crippen molar-refractivity contribution >= 4 is 38.3 Å². The molecule has 4 heterocycles. The van der Waals surface area contributed by atoms with E-state index in [0.717, 1.165) is 0 Å². The smallest absolute Gasteiger partial charge is 0.276 e. The molecule has 0 spiro atoms. The van der Waals surface area contributed by atoms with Crippen LogP contribution in [0.25, 0.3) is 22.3 Å². The lowest BCUT2D eigenvalue weighted by Gasteiger charge is -1.91. The molecule has 0 amide bonds. The van der Waals surface area contributed by atoms with Crippen LogP contribution in [0.5, 0.6) is 0 Å². The molecule has 0 saturated heterocycles. The zero-order valence-corrected chi connectivity index (χ0v) is 13.7. The third-order valence-corrected chi connectivity index (χ3v) is 3.84. The van der Waals surface area contributed by atoms with Crippen molar-refractivity contribution in [2.24, 2.45) is 14.1 Å². The lowest BCUT2D eigenvalue weighted by atomic mass is 10.5. The van der Waals surface area contributed by atoms with Crippen LogP contribution in [-0.2, 0) is 14.1 Å². The summed E-state index contributed by atoms with van der Waals surface area (Å²) in [4.78, 5) is 43.0. The van der Waals surface area contributed by atoms with Gasteiger partial charge in [-0.2, -0.15) is 0 Å². The monoisotopic (exact) mass is 378 g/mol. The standard InChI is InChI=1S/C6H5BrN4O.C6H6N4O/c1-11-3-4(10-6(11)7)8-2-9-5(3)12;1-10-3-9-5-4(10)6(11)8-2-7-5/h2H,1H3,(H,8,9,12);2-3H,1H3,(H,7,8,11). The van der Waals surface area contributed by atoms with E-state index >= 15 is 0 Å². The number of fused-ring (bicyclic) bond motifs is 2. The molecule has 0 aliphatic heterocycles. The predicted molar refractivity (Wildman–Crippen MR) is 86.0 cm³/mol. The van der Waals surface area contributed by atoms with Gasteiger partial charge in [-0.3, -0.25) is 9.59 Å². The first-order valence-electron chi connectivity index (χ1n) is 6.39. The second-order valence-corrected chi connectivity index (χ2v) is 5.31. The fraction of sp³-hybridized carbons (Fsp3) is 0.167. The second kappa shape index (κ2) is 5.76. The van der Waals surface area contributed by atoms with Gasteiger partial charge in [-0.25, -0.2) is 19.9 Å². The zero-order valence-electron chi connectivity index (χ0n) is 12.1. The van der Waals surface area contributed by atoms with Crippen LogP contribution >= 0.6 is 15.9 Å². The largest absolute Gasteiger partial charge is 0.328 e. The highest BCUT2D eigenvalue weighted by Gasteiger charge is 2.08. The van der Waals surface area contributed by atoms with E-state index in [1.165, 1.54) is 12.7 Å². The molecule has 0 bridgehead atoms. The maximum atomic E-state index is 11.2. The summed E-state index contributed by atoms with van der Waals surface area (Å²) in [5, 5.41) is 0. The Morgan fingerprint density at radius 2 is 1.57 bits per heavy atom. The van der Waals surface area contributed by atoms with E-state index in [0.29, 0.717) is 27.1 Å². The van der Waals surface area contributed by atoms with Crippen molar-refractivity contribution in [2.45, 2.75) is 0 Å². The van der Waals surface area contributed by atoms with Gasteiger partial charge in [-0.05, 0) is 15.9 Å². The average Bonchev–Trinajstić information content (AvgIpc) is 3.03. The van der Waals surface area contributed by atoms with Crippen LogP contribution in [0.15, 0.2) is 33.3 Å². The van der Waals surface area contributed by atoms with E-state index < -0.39 is 0 Å². The molecule has 4 rings (SSSR count). The minimum atomic E-state index is -0.180. The molecule has 4 aromatic heterocycles. The van der Waals surface area contributed by atoms with E-state index in [1.54, 1.807) is 29.6 Å². The lowest BCUT2D eigenvalue weighted by Crippen LogP contribution is -2.09. The summed E-state index contributed by atoms with van der Waals surface area (Å²) in [6, 6.07) is 0. The highest BCUT2D eigenvalue weighted by atomic mass is 79.9. The number of imidazole rings is 2. The van der Waals surface area contributed by atoms with Crippen LogP contribution in [-0.4, -0.2) is 39.0 Å². The molecular formula is C12H11BrN8O2. The van der Waals surface area contributed by atoms with E-state index in [4.69, 9.17) is 0 Å². The minimum absolute atomic E-state index is 0.157. The summed E-state index contributed by atoms with van der Waals surface area (Å²) in [6.07, 6.45) is 4.24. The molecule has 0 fully saturated rings. The van der Waals surface area contributed by atoms with Crippen LogP contribution in [0.2, 0.25) is 0 Å². The Labute approximate surface area is 136 Å². The van der Waals surface area contributed by atoms with Crippen molar-refractivity contribution in [1.29, 1.82) is 0 Å². The number of hydrogen-bond donors (Lipinski definition) is 2. The van der Waals surface area contributed by atoms with Crippen molar-refractivity contribution in [1.82, 2.24) is 39.0 Å². The maximum absolute atomic E-state index is 11.2. The molecule has 11 heteroatoms. The van der Waals surface area contributed by atoms with Gasteiger partial charge in [0.2, 0.25) is 0 Å². The molecule has 0 saturated carbocycles. The normalized spacial score (nSPS) is 10.7. The molecule has 0 radical (unpaired) electrons. The number of nitrogens with one attached hydrogen (secondary N) is 2. The van der Waals surface area contributed by atoms with Gasteiger partial charge in [-0.15, -0.1) is 0 Å². The van der Waals surface area contributed by atoms with Crippen molar-refractivity contribution in [3.8, 4) is 0 Å². The molecule has 2 N–H and O–H groups in total. The molecule has 0 aliphatic rings. The fourth-order valence-electron chi connectivity index (χ4n) is 2.02. The van der Waals surface area contributed by atoms with Crippen LogP contribution in [0.4, 0.5) is 0 Å². The summed E-state index contributed by atoms with van der Waals surface area (Å²) in [5.74, 6) is 0. The second-order valence-electron chi connectivity index (χ2n) is 4.60. The minimum Gasteiger partial charge on any atom is -0.328 e. The van der Waals surface area contributed by atoms with E-state index in [1.807, 2.05) is 0 Å². The van der Waals surface area contributed by atoms with Crippen molar-refractivity contribution in [3.63, 3.8) is 0 Å². The SMILES string of the molecule is Cn1c(Br)nc2nc[nH]c(=O)c21.Cn1cnc2nc[nH]c(=O)c21. The summed E-state index contributed by atoms with van der Waals surface area (Å²) in [5.41, 5.74) is 1.58. The van der Waals surface area contributed by atoms with Crippen LogP contribution < -0.4 is 11.1 Å². The number of H-pyrrole nitrogens is 2. The third-order valence-electron chi connectivity index (χ3n) is 3.13. The number of hydrogen-bond acceptors (Lipinski definition) is 6. The first-order valence-corrected chi connectivity index (χ1v) is 7.18. The van der Waals surface area contributed by atoms with Gasteiger partial charge in [0.1, 0.15) is 0 Å². The molecule has 0 aliphatic carbocycles. The van der Waals surface area contributed by atoms with Gasteiger partial charge in [0, 0.05) is 14.1 Å². The molecule has 4 aromatic rings. The Morgan fingerprint density at radius 3 is 2.17 bits per heavy atom. The Morgan fingerprint density at radius 1 is 0.957 bits per heavy atom. The Bertz CT molecular complexity index is 1110. The van der Waals surface area contributed by atoms with Gasteiger partial charge < -0.3 is 19.1 Å². The topological polar surface area (TPSA) is 127 Å². The average molecular weight is 379 g/mol. The Hall–Kier alpha value is -2.82. The van der Waals surface area contributed by atoms with Crippen LogP contribution in [0, 0.1) is 0 Å². The molecule has 23 heavy (non-hydrogen) atoms. The van der Waals surface area contributed by atoms with Crippen LogP contribution in [0.1, 0.15) is 0 Å². The van der Waals surface area contributed by atoms with E-state index in [9.17, 15) is 9.59 Å². The maximum Gasteiger partial charge on any atom is 0.276 e. The molecule has 0 atom stereocenters. The van der Waals surface area contributed by atoms with Crippen molar-refractivity contribution in [3.05, 3.63) is 44.4 Å². The molecule has 0 unspecified atom stereocenters. The third kappa shape index (κ3) is 2.65. The lowest BCUT2D eigenvalue weighted by molar-refractivity contribution is 0.905. The number of nitrogens with zero attached hydrogens (tertiary/aromatic N) is 6. The highest BCUT2D eigenvalue weighted by molar-refractivity contribution is 9.10. The Balaban J connectivity index is 0.000000136. The number of aryl methyl sites for hydroxylation is 2.